The van der Waals surface area contributed by atoms with Crippen LogP contribution in [0, 0.1) is 24.1 Å². The summed E-state index contributed by atoms with van der Waals surface area (Å²) in [7, 11) is 0.00505. The molecule has 208 valence electrons. The fourth-order valence-corrected chi connectivity index (χ4v) is 5.46. The van der Waals surface area contributed by atoms with Gasteiger partial charge in [-0.3, -0.25) is 14.3 Å². The first-order valence-electron chi connectivity index (χ1n) is 12.0. The van der Waals surface area contributed by atoms with Crippen LogP contribution in [-0.2, 0) is 14.8 Å². The van der Waals surface area contributed by atoms with Gasteiger partial charge in [-0.1, -0.05) is 12.1 Å². The molecule has 2 aromatic heterocycles. The van der Waals surface area contributed by atoms with E-state index in [1.54, 1.807) is 30.6 Å². The van der Waals surface area contributed by atoms with Crippen LogP contribution in [0.25, 0.3) is 17.1 Å². The Kier molecular flexibility index (Phi) is 8.32. The molecular formula is C27H27FN6O5S. The minimum absolute atomic E-state index is 0.0370. The zero-order valence-electron chi connectivity index (χ0n) is 22.4. The molecule has 0 aliphatic rings. The van der Waals surface area contributed by atoms with Gasteiger partial charge < -0.3 is 14.2 Å². The van der Waals surface area contributed by atoms with Gasteiger partial charge in [0.1, 0.15) is 34.4 Å². The summed E-state index contributed by atoms with van der Waals surface area (Å²) in [6.45, 7) is 3.28. The van der Waals surface area contributed by atoms with Gasteiger partial charge in [-0.25, -0.2) is 12.8 Å². The summed E-state index contributed by atoms with van der Waals surface area (Å²) in [6, 6.07) is 12.3. The third-order valence-corrected chi connectivity index (χ3v) is 7.96. The predicted octanol–water partition coefficient (Wildman–Crippen LogP) is 4.18. The summed E-state index contributed by atoms with van der Waals surface area (Å²) in [5.41, 5.74) is 1.96. The number of nitrogens with zero attached hydrogens (tertiary/aromatic N) is 5. The van der Waals surface area contributed by atoms with E-state index in [1.807, 2.05) is 19.1 Å². The normalized spacial score (nSPS) is 12.8. The number of halogens is 1. The molecule has 2 atom stereocenters. The lowest BCUT2D eigenvalue weighted by Crippen LogP contribution is -2.33. The molecule has 0 saturated heterocycles. The summed E-state index contributed by atoms with van der Waals surface area (Å²) in [5.74, 6) is 0.239. The monoisotopic (exact) mass is 566 g/mol. The van der Waals surface area contributed by atoms with Crippen molar-refractivity contribution in [1.29, 1.82) is 5.26 Å². The number of sulfonamides is 1. The number of pyridine rings is 1. The molecule has 0 spiro atoms. The van der Waals surface area contributed by atoms with Gasteiger partial charge in [0.2, 0.25) is 16.0 Å². The molecule has 1 N–H and O–H groups in total. The van der Waals surface area contributed by atoms with Gasteiger partial charge >= 0.3 is 0 Å². The van der Waals surface area contributed by atoms with Gasteiger partial charge in [-0.15, -0.1) is 10.2 Å². The summed E-state index contributed by atoms with van der Waals surface area (Å²) in [5, 5.41) is 16.7. The fourth-order valence-electron chi connectivity index (χ4n) is 4.31. The molecule has 0 fully saturated rings. The van der Waals surface area contributed by atoms with E-state index in [9.17, 15) is 18.1 Å². The molecule has 2 heterocycles. The van der Waals surface area contributed by atoms with Crippen LogP contribution in [0.1, 0.15) is 29.7 Å². The Bertz CT molecular complexity index is 1660. The summed E-state index contributed by atoms with van der Waals surface area (Å²) in [6.07, 6.45) is 2.15. The van der Waals surface area contributed by atoms with Crippen molar-refractivity contribution in [1.82, 2.24) is 19.7 Å². The highest BCUT2D eigenvalue weighted by Gasteiger charge is 2.35. The van der Waals surface area contributed by atoms with Crippen molar-refractivity contribution < 1.29 is 27.0 Å². The van der Waals surface area contributed by atoms with E-state index < -0.39 is 27.2 Å². The standard InChI is InChI=1S/C27H27FN6O5S/c1-16-11-19(15-30-14-16)26-31-32-27(34(26)24-22(37-3)7-6-8-23(24)38-4)33-40(35,36)17(2)25(39-5)21-10-9-20(28)12-18(21)13-29/h6-12,14-15,17,25H,1-5H3,(H,32,33)/t17-,25+/m0/s1. The van der Waals surface area contributed by atoms with Crippen molar-refractivity contribution in [3.8, 4) is 34.6 Å². The van der Waals surface area contributed by atoms with Crippen LogP contribution in [0.5, 0.6) is 11.5 Å². The number of hydrogen-bond donors (Lipinski definition) is 1. The number of para-hydroxylation sites is 1. The smallest absolute Gasteiger partial charge is 0.243 e. The molecule has 0 unspecified atom stereocenters. The van der Waals surface area contributed by atoms with Crippen molar-refractivity contribution in [2.75, 3.05) is 26.1 Å². The summed E-state index contributed by atoms with van der Waals surface area (Å²) < 4.78 is 61.9. The lowest BCUT2D eigenvalue weighted by molar-refractivity contribution is 0.102. The highest BCUT2D eigenvalue weighted by atomic mass is 32.2. The second kappa shape index (κ2) is 11.7. The first-order chi connectivity index (χ1) is 19.1. The van der Waals surface area contributed by atoms with E-state index in [4.69, 9.17) is 14.2 Å². The quantitative estimate of drug-likeness (QED) is 0.299. The molecule has 13 heteroatoms. The zero-order chi connectivity index (χ0) is 29.0. The topological polar surface area (TPSA) is 141 Å². The fraction of sp³-hybridized carbons (Fsp3) is 0.259. The van der Waals surface area contributed by atoms with Crippen LogP contribution in [-0.4, -0.2) is 54.7 Å². The predicted molar refractivity (Wildman–Crippen MR) is 145 cm³/mol. The van der Waals surface area contributed by atoms with Gasteiger partial charge in [0.25, 0.3) is 0 Å². The zero-order valence-corrected chi connectivity index (χ0v) is 23.2. The first-order valence-corrected chi connectivity index (χ1v) is 13.5. The molecule has 0 saturated carbocycles. The number of hydrogen-bond acceptors (Lipinski definition) is 9. The van der Waals surface area contributed by atoms with E-state index in [2.05, 4.69) is 19.9 Å². The molecule has 0 aliphatic heterocycles. The SMILES string of the molecule is COc1cccc(OC)c1-n1c(NS(=O)(=O)[C@@H](C)[C@@H](OC)c2ccc(F)cc2C#N)nnc1-c1cncc(C)c1. The highest BCUT2D eigenvalue weighted by Crippen LogP contribution is 2.38. The number of benzene rings is 2. The third kappa shape index (κ3) is 5.45. The van der Waals surface area contributed by atoms with Gasteiger partial charge in [0.05, 0.1) is 25.9 Å². The van der Waals surface area contributed by atoms with Crippen LogP contribution in [0.4, 0.5) is 10.3 Å². The maximum atomic E-state index is 13.8. The number of aryl methyl sites for hydroxylation is 1. The molecular weight excluding hydrogens is 539 g/mol. The van der Waals surface area contributed by atoms with Crippen LogP contribution in [0.15, 0.2) is 54.9 Å². The lowest BCUT2D eigenvalue weighted by Gasteiger charge is -2.24. The summed E-state index contributed by atoms with van der Waals surface area (Å²) >= 11 is 0. The second-order valence-electron chi connectivity index (χ2n) is 8.80. The molecule has 2 aromatic carbocycles. The molecule has 40 heavy (non-hydrogen) atoms. The second-order valence-corrected chi connectivity index (χ2v) is 10.8. The Morgan fingerprint density at radius 1 is 1.05 bits per heavy atom. The highest BCUT2D eigenvalue weighted by molar-refractivity contribution is 7.93. The van der Waals surface area contributed by atoms with Crippen LogP contribution in [0.2, 0.25) is 0 Å². The lowest BCUT2D eigenvalue weighted by atomic mass is 10.0. The van der Waals surface area contributed by atoms with E-state index in [0.29, 0.717) is 22.7 Å². The van der Waals surface area contributed by atoms with E-state index in [-0.39, 0.29) is 22.9 Å². The van der Waals surface area contributed by atoms with Gasteiger partial charge in [0.15, 0.2) is 5.82 Å². The molecule has 4 rings (SSSR count). The Hall–Kier alpha value is -4.54. The Labute approximate surface area is 231 Å². The van der Waals surface area contributed by atoms with E-state index in [1.165, 1.54) is 38.9 Å². The maximum absolute atomic E-state index is 13.8. The number of rotatable bonds is 10. The number of methoxy groups -OCH3 is 3. The minimum Gasteiger partial charge on any atom is -0.494 e. The van der Waals surface area contributed by atoms with Crippen molar-refractivity contribution in [3.63, 3.8) is 0 Å². The average Bonchev–Trinajstić information content (AvgIpc) is 3.35. The number of nitrogens with one attached hydrogen (secondary N) is 1. The Morgan fingerprint density at radius 2 is 1.75 bits per heavy atom. The molecule has 0 amide bonds. The number of anilines is 1. The molecule has 0 bridgehead atoms. The summed E-state index contributed by atoms with van der Waals surface area (Å²) in [4.78, 5) is 4.23. The molecule has 4 aromatic rings. The maximum Gasteiger partial charge on any atom is 0.243 e. The van der Waals surface area contributed by atoms with Gasteiger partial charge in [-0.2, -0.15) is 5.26 Å². The number of nitriles is 1. The van der Waals surface area contributed by atoms with Gasteiger partial charge in [-0.05, 0) is 49.7 Å². The first kappa shape index (κ1) is 28.5. The minimum atomic E-state index is -4.25. The number of ether oxygens (including phenoxy) is 3. The van der Waals surface area contributed by atoms with E-state index in [0.717, 1.165) is 17.7 Å². The van der Waals surface area contributed by atoms with Gasteiger partial charge in [0, 0.05) is 30.6 Å². The Balaban J connectivity index is 1.86. The third-order valence-electron chi connectivity index (χ3n) is 6.27. The van der Waals surface area contributed by atoms with Crippen molar-refractivity contribution >= 4 is 16.0 Å². The largest absolute Gasteiger partial charge is 0.494 e. The molecule has 0 aliphatic carbocycles. The van der Waals surface area contributed by atoms with Crippen molar-refractivity contribution in [2.24, 2.45) is 0 Å². The average molecular weight is 567 g/mol. The molecule has 11 nitrogen and oxygen atoms in total. The Morgan fingerprint density at radius 3 is 2.35 bits per heavy atom. The van der Waals surface area contributed by atoms with Crippen LogP contribution < -0.4 is 14.2 Å². The molecule has 0 radical (unpaired) electrons. The van der Waals surface area contributed by atoms with E-state index >= 15 is 0 Å². The van der Waals surface area contributed by atoms with Crippen LogP contribution in [0.3, 0.4) is 0 Å². The van der Waals surface area contributed by atoms with Crippen molar-refractivity contribution in [3.05, 3.63) is 77.4 Å². The van der Waals surface area contributed by atoms with Crippen LogP contribution >= 0.6 is 0 Å². The number of aromatic nitrogens is 4. The van der Waals surface area contributed by atoms with Crippen molar-refractivity contribution in [2.45, 2.75) is 25.2 Å².